The molecule has 1 N–H and O–H groups in total. The zero-order valence-corrected chi connectivity index (χ0v) is 17.5. The van der Waals surface area contributed by atoms with Crippen LogP contribution in [0.4, 0.5) is 0 Å². The Kier molecular flexibility index (Phi) is 8.07. The standard InChI is InChI=1S/C20H29ClO7/c1-12(15-8-7-14(27-15)10-18(23)24)5-6-13(22)9-16(25-4)19(21)17-11-26-20(2,3)28-17/h7-8,12,16-17,19H,5-6,9-11H2,1-4H3,(H,23,24)/t12-,16+,17+,19-/m0/s1. The van der Waals surface area contributed by atoms with Crippen LogP contribution in [-0.2, 0) is 30.2 Å². The number of ketones is 1. The van der Waals surface area contributed by atoms with E-state index in [0.717, 1.165) is 0 Å². The van der Waals surface area contributed by atoms with Gasteiger partial charge >= 0.3 is 5.97 Å². The molecule has 1 fully saturated rings. The fourth-order valence-electron chi connectivity index (χ4n) is 3.19. The Morgan fingerprint density at radius 3 is 2.68 bits per heavy atom. The number of hydrogen-bond donors (Lipinski definition) is 1. The Morgan fingerprint density at radius 2 is 2.11 bits per heavy atom. The van der Waals surface area contributed by atoms with Crippen molar-refractivity contribution in [1.82, 2.24) is 0 Å². The monoisotopic (exact) mass is 416 g/mol. The first-order valence-electron chi connectivity index (χ1n) is 9.42. The Balaban J connectivity index is 1.81. The van der Waals surface area contributed by atoms with Crippen LogP contribution in [0.1, 0.15) is 57.5 Å². The van der Waals surface area contributed by atoms with Gasteiger partial charge in [-0.05, 0) is 32.4 Å². The molecule has 0 amide bonds. The zero-order valence-electron chi connectivity index (χ0n) is 16.8. The van der Waals surface area contributed by atoms with Gasteiger partial charge in [0.05, 0.1) is 18.1 Å². The summed E-state index contributed by atoms with van der Waals surface area (Å²) >= 11 is 6.48. The third-order valence-electron chi connectivity index (χ3n) is 4.82. The van der Waals surface area contributed by atoms with Crippen LogP contribution in [0, 0.1) is 0 Å². The van der Waals surface area contributed by atoms with Gasteiger partial charge in [0.15, 0.2) is 5.79 Å². The number of ether oxygens (including phenoxy) is 3. The molecule has 0 spiro atoms. The van der Waals surface area contributed by atoms with Crippen molar-refractivity contribution in [1.29, 1.82) is 0 Å². The van der Waals surface area contributed by atoms with E-state index in [0.29, 0.717) is 31.0 Å². The van der Waals surface area contributed by atoms with Crippen LogP contribution in [0.25, 0.3) is 0 Å². The van der Waals surface area contributed by atoms with E-state index in [1.807, 2.05) is 20.8 Å². The van der Waals surface area contributed by atoms with E-state index in [2.05, 4.69) is 0 Å². The van der Waals surface area contributed by atoms with Crippen LogP contribution in [0.5, 0.6) is 0 Å². The summed E-state index contributed by atoms with van der Waals surface area (Å²) in [5, 5.41) is 8.32. The third kappa shape index (κ3) is 6.58. The molecule has 8 heteroatoms. The van der Waals surface area contributed by atoms with Crippen molar-refractivity contribution >= 4 is 23.4 Å². The highest BCUT2D eigenvalue weighted by molar-refractivity contribution is 6.21. The van der Waals surface area contributed by atoms with Crippen molar-refractivity contribution in [3.05, 3.63) is 23.7 Å². The van der Waals surface area contributed by atoms with Crippen molar-refractivity contribution in [2.75, 3.05) is 13.7 Å². The minimum atomic E-state index is -0.940. The molecule has 1 aromatic heterocycles. The molecule has 0 unspecified atom stereocenters. The van der Waals surface area contributed by atoms with Crippen LogP contribution in [0.2, 0.25) is 0 Å². The SMILES string of the molecule is CO[C@H](CC(=O)CC[C@H](C)c1ccc(CC(=O)O)o1)[C@H](Cl)[C@H]1COC(C)(C)O1. The molecule has 1 aromatic rings. The van der Waals surface area contributed by atoms with E-state index in [1.165, 1.54) is 7.11 Å². The number of halogens is 1. The maximum Gasteiger partial charge on any atom is 0.311 e. The summed E-state index contributed by atoms with van der Waals surface area (Å²) in [6.45, 7) is 5.95. The number of aliphatic carboxylic acids is 1. The molecule has 158 valence electrons. The van der Waals surface area contributed by atoms with Gasteiger partial charge in [-0.2, -0.15) is 0 Å². The topological polar surface area (TPSA) is 95.2 Å². The van der Waals surface area contributed by atoms with Crippen LogP contribution < -0.4 is 0 Å². The number of carboxylic acids is 1. The number of Topliss-reactive ketones (excluding diaryl/α,β-unsaturated/α-hetero) is 1. The van der Waals surface area contributed by atoms with E-state index in [9.17, 15) is 9.59 Å². The summed E-state index contributed by atoms with van der Waals surface area (Å²) in [7, 11) is 1.53. The second-order valence-corrected chi connectivity index (χ2v) is 8.15. The smallest absolute Gasteiger partial charge is 0.311 e. The van der Waals surface area contributed by atoms with Gasteiger partial charge in [-0.25, -0.2) is 0 Å². The molecule has 0 saturated carbocycles. The fraction of sp³-hybridized carbons (Fsp3) is 0.700. The highest BCUT2D eigenvalue weighted by Gasteiger charge is 2.40. The summed E-state index contributed by atoms with van der Waals surface area (Å²) in [6, 6.07) is 3.42. The van der Waals surface area contributed by atoms with Crippen molar-refractivity contribution in [2.45, 2.75) is 75.7 Å². The van der Waals surface area contributed by atoms with Crippen LogP contribution in [0.15, 0.2) is 16.5 Å². The van der Waals surface area contributed by atoms with Gasteiger partial charge in [0.25, 0.3) is 0 Å². The molecule has 28 heavy (non-hydrogen) atoms. The Morgan fingerprint density at radius 1 is 1.39 bits per heavy atom. The summed E-state index contributed by atoms with van der Waals surface area (Å²) in [5.41, 5.74) is 0. The minimum absolute atomic E-state index is 0.00616. The molecular formula is C20H29ClO7. The first-order chi connectivity index (χ1) is 13.1. The van der Waals surface area contributed by atoms with Crippen LogP contribution in [0.3, 0.4) is 0 Å². The minimum Gasteiger partial charge on any atom is -0.481 e. The van der Waals surface area contributed by atoms with E-state index in [-0.39, 0.29) is 30.6 Å². The molecule has 2 heterocycles. The maximum absolute atomic E-state index is 12.4. The molecule has 1 saturated heterocycles. The third-order valence-corrected chi connectivity index (χ3v) is 5.38. The number of carbonyl (C=O) groups is 2. The van der Waals surface area contributed by atoms with E-state index >= 15 is 0 Å². The molecule has 0 aliphatic carbocycles. The summed E-state index contributed by atoms with van der Waals surface area (Å²) < 4.78 is 22.3. The highest BCUT2D eigenvalue weighted by atomic mass is 35.5. The van der Waals surface area contributed by atoms with Gasteiger partial charge in [0, 0.05) is 25.9 Å². The largest absolute Gasteiger partial charge is 0.481 e. The Labute approximate surface area is 170 Å². The zero-order chi connectivity index (χ0) is 20.9. The van der Waals surface area contributed by atoms with Gasteiger partial charge in [-0.3, -0.25) is 9.59 Å². The summed E-state index contributed by atoms with van der Waals surface area (Å²) in [4.78, 5) is 23.2. The van der Waals surface area contributed by atoms with Gasteiger partial charge in [0.1, 0.15) is 29.8 Å². The van der Waals surface area contributed by atoms with Crippen molar-refractivity contribution < 1.29 is 33.3 Å². The quantitative estimate of drug-likeness (QED) is 0.551. The fourth-order valence-corrected chi connectivity index (χ4v) is 3.50. The number of rotatable bonds is 11. The van der Waals surface area contributed by atoms with Crippen molar-refractivity contribution in [2.24, 2.45) is 0 Å². The Hall–Kier alpha value is -1.41. The number of furan rings is 1. The summed E-state index contributed by atoms with van der Waals surface area (Å²) in [6.07, 6.45) is 0.204. The first-order valence-corrected chi connectivity index (χ1v) is 9.85. The molecule has 1 aliphatic rings. The highest BCUT2D eigenvalue weighted by Crippen LogP contribution is 2.30. The van der Waals surface area contributed by atoms with Gasteiger partial charge in [-0.1, -0.05) is 6.92 Å². The molecule has 0 radical (unpaired) electrons. The van der Waals surface area contributed by atoms with Gasteiger partial charge in [-0.15, -0.1) is 11.6 Å². The van der Waals surface area contributed by atoms with Crippen LogP contribution >= 0.6 is 11.6 Å². The average molecular weight is 417 g/mol. The number of alkyl halides is 1. The lowest BCUT2D eigenvalue weighted by Gasteiger charge is -2.25. The second-order valence-electron chi connectivity index (χ2n) is 7.64. The number of carbonyl (C=O) groups excluding carboxylic acids is 1. The van der Waals surface area contributed by atoms with E-state index in [1.54, 1.807) is 12.1 Å². The average Bonchev–Trinajstić information content (AvgIpc) is 3.22. The molecule has 1 aliphatic heterocycles. The van der Waals surface area contributed by atoms with E-state index < -0.39 is 23.2 Å². The molecule has 4 atom stereocenters. The lowest BCUT2D eigenvalue weighted by atomic mass is 9.97. The molecular weight excluding hydrogens is 388 g/mol. The number of methoxy groups -OCH3 is 1. The second kappa shape index (κ2) is 9.87. The van der Waals surface area contributed by atoms with Gasteiger partial charge in [0.2, 0.25) is 0 Å². The maximum atomic E-state index is 12.4. The molecule has 0 aromatic carbocycles. The normalized spacial score (nSPS) is 22.0. The molecule has 7 nitrogen and oxygen atoms in total. The first kappa shape index (κ1) is 22.9. The van der Waals surface area contributed by atoms with E-state index in [4.69, 9.17) is 35.3 Å². The predicted molar refractivity (Wildman–Crippen MR) is 103 cm³/mol. The lowest BCUT2D eigenvalue weighted by Crippen LogP contribution is -2.38. The van der Waals surface area contributed by atoms with Crippen LogP contribution in [-0.4, -0.2) is 53.9 Å². The molecule has 0 bridgehead atoms. The predicted octanol–water partition coefficient (Wildman–Crippen LogP) is 3.52. The Bertz CT molecular complexity index is 669. The molecule has 2 rings (SSSR count). The van der Waals surface area contributed by atoms with Crippen molar-refractivity contribution in [3.63, 3.8) is 0 Å². The lowest BCUT2D eigenvalue weighted by molar-refractivity contribution is -0.142. The number of hydrogen-bond acceptors (Lipinski definition) is 6. The van der Waals surface area contributed by atoms with Gasteiger partial charge < -0.3 is 23.7 Å². The van der Waals surface area contributed by atoms with Crippen molar-refractivity contribution in [3.8, 4) is 0 Å². The summed E-state index contributed by atoms with van der Waals surface area (Å²) in [5.74, 6) is -0.484. The number of carboxylic acid groups (broad SMARTS) is 1.